The predicted octanol–water partition coefficient (Wildman–Crippen LogP) is 1.56. The molecular formula is C12H13N3O5S. The van der Waals surface area contributed by atoms with Crippen LogP contribution in [-0.2, 0) is 16.6 Å². The summed E-state index contributed by atoms with van der Waals surface area (Å²) in [6.07, 6.45) is 2.82. The Morgan fingerprint density at radius 1 is 1.43 bits per heavy atom. The lowest BCUT2D eigenvalue weighted by atomic mass is 10.2. The van der Waals surface area contributed by atoms with Gasteiger partial charge in [0.1, 0.15) is 5.69 Å². The van der Waals surface area contributed by atoms with E-state index in [1.165, 1.54) is 25.5 Å². The van der Waals surface area contributed by atoms with Gasteiger partial charge in [0, 0.05) is 18.2 Å². The van der Waals surface area contributed by atoms with Gasteiger partial charge in [-0.25, -0.2) is 13.1 Å². The minimum atomic E-state index is -3.89. The van der Waals surface area contributed by atoms with Crippen LogP contribution in [0.25, 0.3) is 0 Å². The molecule has 0 spiro atoms. The SMILES string of the molecule is Cc1cc(N)c([N+](=O)[O-])cc1S(=O)(=O)NCc1ccoc1. The van der Waals surface area contributed by atoms with Gasteiger partial charge >= 0.3 is 0 Å². The molecule has 0 radical (unpaired) electrons. The largest absolute Gasteiger partial charge is 0.472 e. The number of hydrogen-bond donors (Lipinski definition) is 2. The van der Waals surface area contributed by atoms with Crippen molar-refractivity contribution in [2.45, 2.75) is 18.4 Å². The van der Waals surface area contributed by atoms with Crippen LogP contribution >= 0.6 is 0 Å². The molecule has 0 atom stereocenters. The normalized spacial score (nSPS) is 11.5. The first-order chi connectivity index (χ1) is 9.81. The summed E-state index contributed by atoms with van der Waals surface area (Å²) in [5, 5.41) is 10.9. The maximum Gasteiger partial charge on any atom is 0.293 e. The third-order valence-electron chi connectivity index (χ3n) is 2.86. The summed E-state index contributed by atoms with van der Waals surface area (Å²) in [5.74, 6) is 0. The molecule has 0 unspecified atom stereocenters. The van der Waals surface area contributed by atoms with E-state index in [2.05, 4.69) is 4.72 Å². The summed E-state index contributed by atoms with van der Waals surface area (Å²) in [4.78, 5) is 9.96. The van der Waals surface area contributed by atoms with Crippen LogP contribution in [0.1, 0.15) is 11.1 Å². The molecule has 9 heteroatoms. The topological polar surface area (TPSA) is 128 Å². The molecule has 0 fully saturated rings. The van der Waals surface area contributed by atoms with Gasteiger partial charge in [0.05, 0.1) is 22.3 Å². The quantitative estimate of drug-likeness (QED) is 0.490. The Hall–Kier alpha value is -2.39. The van der Waals surface area contributed by atoms with E-state index < -0.39 is 20.6 Å². The van der Waals surface area contributed by atoms with Crippen molar-refractivity contribution >= 4 is 21.4 Å². The Labute approximate surface area is 120 Å². The number of nitrogen functional groups attached to an aromatic ring is 1. The second-order valence-electron chi connectivity index (χ2n) is 4.39. The fraction of sp³-hybridized carbons (Fsp3) is 0.167. The second kappa shape index (κ2) is 5.54. The molecule has 0 bridgehead atoms. The molecule has 112 valence electrons. The number of nitrogens with one attached hydrogen (secondary N) is 1. The summed E-state index contributed by atoms with van der Waals surface area (Å²) >= 11 is 0. The van der Waals surface area contributed by atoms with Gasteiger partial charge in [0.25, 0.3) is 5.69 Å². The van der Waals surface area contributed by atoms with Gasteiger partial charge in [-0.05, 0) is 24.6 Å². The van der Waals surface area contributed by atoms with Gasteiger partial charge in [-0.3, -0.25) is 10.1 Å². The summed E-state index contributed by atoms with van der Waals surface area (Å²) < 4.78 is 31.6. The third kappa shape index (κ3) is 3.20. The number of rotatable bonds is 5. The molecule has 0 amide bonds. The Bertz CT molecular complexity index is 768. The monoisotopic (exact) mass is 311 g/mol. The average molecular weight is 311 g/mol. The highest BCUT2D eigenvalue weighted by Crippen LogP contribution is 2.28. The summed E-state index contributed by atoms with van der Waals surface area (Å²) in [7, 11) is -3.89. The van der Waals surface area contributed by atoms with E-state index >= 15 is 0 Å². The van der Waals surface area contributed by atoms with E-state index in [0.717, 1.165) is 6.07 Å². The second-order valence-corrected chi connectivity index (χ2v) is 6.13. The van der Waals surface area contributed by atoms with Gasteiger partial charge in [0.15, 0.2) is 0 Å². The molecule has 21 heavy (non-hydrogen) atoms. The van der Waals surface area contributed by atoms with Crippen LogP contribution < -0.4 is 10.5 Å². The van der Waals surface area contributed by atoms with Crippen molar-refractivity contribution < 1.29 is 17.8 Å². The zero-order chi connectivity index (χ0) is 15.6. The molecule has 0 aliphatic rings. The number of furan rings is 1. The van der Waals surface area contributed by atoms with Crippen LogP contribution in [0.15, 0.2) is 40.0 Å². The summed E-state index contributed by atoms with van der Waals surface area (Å²) in [6, 6.07) is 3.84. The van der Waals surface area contributed by atoms with Crippen molar-refractivity contribution in [2.24, 2.45) is 0 Å². The van der Waals surface area contributed by atoms with Crippen molar-refractivity contribution in [1.82, 2.24) is 4.72 Å². The Morgan fingerprint density at radius 2 is 2.14 bits per heavy atom. The first-order valence-electron chi connectivity index (χ1n) is 5.86. The van der Waals surface area contributed by atoms with E-state index in [1.807, 2.05) is 0 Å². The molecule has 1 aromatic heterocycles. The van der Waals surface area contributed by atoms with E-state index in [9.17, 15) is 18.5 Å². The maximum absolute atomic E-state index is 12.2. The first kappa shape index (κ1) is 15.0. The number of anilines is 1. The summed E-state index contributed by atoms with van der Waals surface area (Å²) in [6.45, 7) is 1.54. The van der Waals surface area contributed by atoms with Crippen LogP contribution in [0.5, 0.6) is 0 Å². The van der Waals surface area contributed by atoms with Gasteiger partial charge in [-0.15, -0.1) is 0 Å². The molecule has 1 heterocycles. The first-order valence-corrected chi connectivity index (χ1v) is 7.35. The number of sulfonamides is 1. The molecule has 0 aliphatic carbocycles. The highest BCUT2D eigenvalue weighted by molar-refractivity contribution is 7.89. The lowest BCUT2D eigenvalue weighted by molar-refractivity contribution is -0.384. The van der Waals surface area contributed by atoms with Gasteiger partial charge in [-0.2, -0.15) is 0 Å². The lowest BCUT2D eigenvalue weighted by Gasteiger charge is -2.09. The van der Waals surface area contributed by atoms with Crippen molar-refractivity contribution in [3.8, 4) is 0 Å². The van der Waals surface area contributed by atoms with Crippen LogP contribution in [0.4, 0.5) is 11.4 Å². The molecule has 3 N–H and O–H groups in total. The smallest absolute Gasteiger partial charge is 0.293 e. The van der Waals surface area contributed by atoms with Crippen LogP contribution in [0.2, 0.25) is 0 Å². The van der Waals surface area contributed by atoms with Gasteiger partial charge < -0.3 is 10.2 Å². The highest BCUT2D eigenvalue weighted by Gasteiger charge is 2.23. The van der Waals surface area contributed by atoms with E-state index in [1.54, 1.807) is 6.07 Å². The molecule has 2 aromatic rings. The maximum atomic E-state index is 12.2. The Morgan fingerprint density at radius 3 is 2.71 bits per heavy atom. The number of nitro groups is 1. The number of hydrogen-bond acceptors (Lipinski definition) is 6. The number of nitrogens with zero attached hydrogens (tertiary/aromatic N) is 1. The zero-order valence-corrected chi connectivity index (χ0v) is 11.9. The number of nitrogens with two attached hydrogens (primary N) is 1. The standard InChI is InChI=1S/C12H13N3O5S/c1-8-4-10(13)11(15(16)17)5-12(8)21(18,19)14-6-9-2-3-20-7-9/h2-5,7,14H,6,13H2,1H3. The minimum Gasteiger partial charge on any atom is -0.472 e. The molecule has 1 aromatic carbocycles. The average Bonchev–Trinajstić information content (AvgIpc) is 2.88. The fourth-order valence-electron chi connectivity index (χ4n) is 1.80. The van der Waals surface area contributed by atoms with Crippen molar-refractivity contribution in [1.29, 1.82) is 0 Å². The third-order valence-corrected chi connectivity index (χ3v) is 4.40. The van der Waals surface area contributed by atoms with Crippen LogP contribution in [-0.4, -0.2) is 13.3 Å². The molecule has 0 aliphatic heterocycles. The molecular weight excluding hydrogens is 298 g/mol. The summed E-state index contributed by atoms with van der Waals surface area (Å²) in [5.41, 5.74) is 5.97. The fourth-order valence-corrected chi connectivity index (χ4v) is 3.06. The molecule has 8 nitrogen and oxygen atoms in total. The Balaban J connectivity index is 2.35. The van der Waals surface area contributed by atoms with Crippen LogP contribution in [0.3, 0.4) is 0 Å². The molecule has 0 saturated heterocycles. The van der Waals surface area contributed by atoms with Gasteiger partial charge in [-0.1, -0.05) is 0 Å². The van der Waals surface area contributed by atoms with E-state index in [-0.39, 0.29) is 17.1 Å². The highest BCUT2D eigenvalue weighted by atomic mass is 32.2. The van der Waals surface area contributed by atoms with Gasteiger partial charge in [0.2, 0.25) is 10.0 Å². The predicted molar refractivity (Wildman–Crippen MR) is 75.0 cm³/mol. The lowest BCUT2D eigenvalue weighted by Crippen LogP contribution is -2.24. The van der Waals surface area contributed by atoms with Crippen molar-refractivity contribution in [3.05, 3.63) is 52.0 Å². The molecule has 0 saturated carbocycles. The van der Waals surface area contributed by atoms with Crippen molar-refractivity contribution in [3.63, 3.8) is 0 Å². The number of nitro benzene ring substituents is 1. The van der Waals surface area contributed by atoms with Crippen LogP contribution in [0, 0.1) is 17.0 Å². The minimum absolute atomic E-state index is 0.0243. The zero-order valence-electron chi connectivity index (χ0n) is 11.1. The Kier molecular flexibility index (Phi) is 3.96. The van der Waals surface area contributed by atoms with E-state index in [4.69, 9.17) is 10.2 Å². The van der Waals surface area contributed by atoms with Crippen molar-refractivity contribution in [2.75, 3.05) is 5.73 Å². The van der Waals surface area contributed by atoms with E-state index in [0.29, 0.717) is 11.1 Å². The molecule has 2 rings (SSSR count). The number of benzene rings is 1. The number of aryl methyl sites for hydroxylation is 1.